The lowest BCUT2D eigenvalue weighted by Crippen LogP contribution is -2.23. The van der Waals surface area contributed by atoms with Gasteiger partial charge in [-0.1, -0.05) is 13.0 Å². The van der Waals surface area contributed by atoms with Gasteiger partial charge in [0.2, 0.25) is 0 Å². The van der Waals surface area contributed by atoms with Crippen LogP contribution in [0.5, 0.6) is 0 Å². The first-order chi connectivity index (χ1) is 11.7. The number of amides is 1. The van der Waals surface area contributed by atoms with Crippen LogP contribution in [-0.4, -0.2) is 20.4 Å². The van der Waals surface area contributed by atoms with Crippen molar-refractivity contribution in [1.29, 1.82) is 0 Å². The molecule has 1 aliphatic rings. The fraction of sp³-hybridized carbons (Fsp3) is 0.316. The number of imidazole rings is 1. The molecular weight excluding hydrogens is 300 g/mol. The highest BCUT2D eigenvalue weighted by Crippen LogP contribution is 2.25. The summed E-state index contributed by atoms with van der Waals surface area (Å²) in [4.78, 5) is 21.3. The molecule has 1 unspecified atom stereocenters. The number of nitrogens with zero attached hydrogens (tertiary/aromatic N) is 3. The van der Waals surface area contributed by atoms with E-state index in [9.17, 15) is 4.79 Å². The van der Waals surface area contributed by atoms with Crippen LogP contribution in [0.4, 0.5) is 0 Å². The fourth-order valence-electron chi connectivity index (χ4n) is 3.27. The Balaban J connectivity index is 1.55. The minimum absolute atomic E-state index is 0.0955. The molecular formula is C19H20N4O. The van der Waals surface area contributed by atoms with Gasteiger partial charge in [0.15, 0.2) is 0 Å². The summed E-state index contributed by atoms with van der Waals surface area (Å²) in [5.74, 6) is 1.71. The molecule has 1 N–H and O–H groups in total. The first-order valence-corrected chi connectivity index (χ1v) is 8.38. The van der Waals surface area contributed by atoms with Crippen molar-refractivity contribution in [2.24, 2.45) is 5.92 Å². The van der Waals surface area contributed by atoms with Crippen LogP contribution >= 0.6 is 0 Å². The zero-order valence-corrected chi connectivity index (χ0v) is 13.7. The van der Waals surface area contributed by atoms with Crippen molar-refractivity contribution in [1.82, 2.24) is 19.9 Å². The summed E-state index contributed by atoms with van der Waals surface area (Å²) in [6.07, 6.45) is 3.92. The SMILES string of the molecule is CC1CCn2c(nc3cc(C(=O)NCc4ccccn4)ccc32)C1. The highest BCUT2D eigenvalue weighted by atomic mass is 16.1. The maximum atomic E-state index is 12.4. The van der Waals surface area contributed by atoms with E-state index in [1.807, 2.05) is 36.4 Å². The molecule has 0 radical (unpaired) electrons. The third kappa shape index (κ3) is 2.77. The van der Waals surface area contributed by atoms with E-state index in [0.717, 1.165) is 35.5 Å². The number of nitrogens with one attached hydrogen (secondary N) is 1. The Labute approximate surface area is 140 Å². The van der Waals surface area contributed by atoms with Gasteiger partial charge in [0.25, 0.3) is 5.91 Å². The summed E-state index contributed by atoms with van der Waals surface area (Å²) in [5.41, 5.74) is 3.52. The minimum atomic E-state index is -0.0955. The third-order valence-corrected chi connectivity index (χ3v) is 4.62. The predicted octanol–water partition coefficient (Wildman–Crippen LogP) is 2.94. The van der Waals surface area contributed by atoms with Crippen molar-refractivity contribution in [2.45, 2.75) is 32.9 Å². The van der Waals surface area contributed by atoms with Crippen LogP contribution in [0.25, 0.3) is 11.0 Å². The van der Waals surface area contributed by atoms with E-state index in [1.54, 1.807) is 6.20 Å². The van der Waals surface area contributed by atoms with Crippen LogP contribution in [0.15, 0.2) is 42.6 Å². The normalized spacial score (nSPS) is 16.8. The van der Waals surface area contributed by atoms with E-state index in [0.29, 0.717) is 18.0 Å². The number of benzene rings is 1. The number of carbonyl (C=O) groups is 1. The summed E-state index contributed by atoms with van der Waals surface area (Å²) in [5, 5.41) is 2.91. The number of pyridine rings is 1. The summed E-state index contributed by atoms with van der Waals surface area (Å²) in [6, 6.07) is 11.4. The lowest BCUT2D eigenvalue weighted by atomic mass is 10.0. The smallest absolute Gasteiger partial charge is 0.251 e. The molecule has 0 aliphatic carbocycles. The number of hydrogen-bond acceptors (Lipinski definition) is 3. The van der Waals surface area contributed by atoms with Crippen molar-refractivity contribution in [2.75, 3.05) is 0 Å². The molecule has 4 rings (SSSR count). The van der Waals surface area contributed by atoms with Crippen LogP contribution in [0.3, 0.4) is 0 Å². The molecule has 122 valence electrons. The van der Waals surface area contributed by atoms with E-state index >= 15 is 0 Å². The molecule has 2 aromatic heterocycles. The molecule has 1 amide bonds. The zero-order valence-electron chi connectivity index (χ0n) is 13.7. The first kappa shape index (κ1) is 14.9. The predicted molar refractivity (Wildman–Crippen MR) is 92.6 cm³/mol. The molecule has 0 saturated carbocycles. The van der Waals surface area contributed by atoms with Gasteiger partial charge in [-0.25, -0.2) is 4.98 Å². The number of aromatic nitrogens is 3. The second kappa shape index (κ2) is 6.07. The molecule has 1 aromatic carbocycles. The average molecular weight is 320 g/mol. The summed E-state index contributed by atoms with van der Waals surface area (Å²) in [7, 11) is 0. The monoisotopic (exact) mass is 320 g/mol. The van der Waals surface area contributed by atoms with Crippen LogP contribution in [0.1, 0.15) is 35.2 Å². The third-order valence-electron chi connectivity index (χ3n) is 4.62. The Morgan fingerprint density at radius 2 is 2.25 bits per heavy atom. The van der Waals surface area contributed by atoms with Crippen molar-refractivity contribution in [3.8, 4) is 0 Å². The minimum Gasteiger partial charge on any atom is -0.346 e. The second-order valence-electron chi connectivity index (χ2n) is 6.48. The zero-order chi connectivity index (χ0) is 16.5. The van der Waals surface area contributed by atoms with Crippen LogP contribution in [0.2, 0.25) is 0 Å². The van der Waals surface area contributed by atoms with Gasteiger partial charge in [-0.2, -0.15) is 0 Å². The lowest BCUT2D eigenvalue weighted by Gasteiger charge is -2.19. The van der Waals surface area contributed by atoms with Crippen LogP contribution < -0.4 is 5.32 Å². The van der Waals surface area contributed by atoms with Gasteiger partial charge in [-0.15, -0.1) is 0 Å². The number of fused-ring (bicyclic) bond motifs is 3. The quantitative estimate of drug-likeness (QED) is 0.807. The van der Waals surface area contributed by atoms with E-state index in [2.05, 4.69) is 21.8 Å². The largest absolute Gasteiger partial charge is 0.346 e. The standard InChI is InChI=1S/C19H20N4O/c1-13-7-9-23-17-6-5-14(11-16(17)22-18(23)10-13)19(24)21-12-15-4-2-3-8-20-15/h2-6,8,11,13H,7,9-10,12H2,1H3,(H,21,24). The lowest BCUT2D eigenvalue weighted by molar-refractivity contribution is 0.0950. The summed E-state index contributed by atoms with van der Waals surface area (Å²) >= 11 is 0. The van der Waals surface area contributed by atoms with Crippen molar-refractivity contribution in [3.63, 3.8) is 0 Å². The molecule has 3 heterocycles. The first-order valence-electron chi connectivity index (χ1n) is 8.38. The van der Waals surface area contributed by atoms with Crippen LogP contribution in [-0.2, 0) is 19.5 Å². The maximum absolute atomic E-state index is 12.4. The molecule has 0 bridgehead atoms. The Morgan fingerprint density at radius 1 is 1.33 bits per heavy atom. The van der Waals surface area contributed by atoms with Gasteiger partial charge < -0.3 is 9.88 Å². The molecule has 1 aliphatic heterocycles. The summed E-state index contributed by atoms with van der Waals surface area (Å²) in [6.45, 7) is 3.70. The van der Waals surface area contributed by atoms with Crippen molar-refractivity contribution >= 4 is 16.9 Å². The Kier molecular flexibility index (Phi) is 3.76. The molecule has 1 atom stereocenters. The molecule has 0 saturated heterocycles. The van der Waals surface area contributed by atoms with E-state index in [-0.39, 0.29) is 5.91 Å². The molecule has 0 spiro atoms. The van der Waals surface area contributed by atoms with Gasteiger partial charge in [-0.3, -0.25) is 9.78 Å². The number of aryl methyl sites for hydroxylation is 1. The van der Waals surface area contributed by atoms with Gasteiger partial charge in [-0.05, 0) is 42.7 Å². The highest BCUT2D eigenvalue weighted by molar-refractivity contribution is 5.97. The van der Waals surface area contributed by atoms with E-state index < -0.39 is 0 Å². The topological polar surface area (TPSA) is 59.8 Å². The van der Waals surface area contributed by atoms with Gasteiger partial charge in [0.05, 0.1) is 23.3 Å². The van der Waals surface area contributed by atoms with E-state index in [1.165, 1.54) is 6.42 Å². The molecule has 5 nitrogen and oxygen atoms in total. The molecule has 0 fully saturated rings. The Morgan fingerprint density at radius 3 is 3.08 bits per heavy atom. The van der Waals surface area contributed by atoms with Crippen molar-refractivity contribution < 1.29 is 4.79 Å². The van der Waals surface area contributed by atoms with Gasteiger partial charge >= 0.3 is 0 Å². The van der Waals surface area contributed by atoms with Crippen LogP contribution in [0, 0.1) is 5.92 Å². The fourth-order valence-corrected chi connectivity index (χ4v) is 3.27. The van der Waals surface area contributed by atoms with E-state index in [4.69, 9.17) is 4.98 Å². The van der Waals surface area contributed by atoms with Crippen molar-refractivity contribution in [3.05, 3.63) is 59.7 Å². The molecule has 3 aromatic rings. The highest BCUT2D eigenvalue weighted by Gasteiger charge is 2.19. The number of carbonyl (C=O) groups excluding carboxylic acids is 1. The average Bonchev–Trinajstić information content (AvgIpc) is 2.97. The molecule has 5 heteroatoms. The number of hydrogen-bond donors (Lipinski definition) is 1. The summed E-state index contributed by atoms with van der Waals surface area (Å²) < 4.78 is 2.28. The van der Waals surface area contributed by atoms with Gasteiger partial charge in [0.1, 0.15) is 5.82 Å². The Bertz CT molecular complexity index is 885. The van der Waals surface area contributed by atoms with Gasteiger partial charge in [0, 0.05) is 24.7 Å². The second-order valence-corrected chi connectivity index (χ2v) is 6.48. The maximum Gasteiger partial charge on any atom is 0.251 e. The molecule has 24 heavy (non-hydrogen) atoms. The number of rotatable bonds is 3. The Hall–Kier alpha value is -2.69.